The molecule has 196 valence electrons. The lowest BCUT2D eigenvalue weighted by molar-refractivity contribution is -0.0507. The number of imidazole rings is 1. The van der Waals surface area contributed by atoms with E-state index in [4.69, 9.17) is 8.85 Å². The second kappa shape index (κ2) is 8.73. The zero-order valence-corrected chi connectivity index (χ0v) is 21.4. The fourth-order valence-corrected chi connectivity index (χ4v) is 6.63. The fraction of sp³-hybridized carbons (Fsp3) is 0.286. The van der Waals surface area contributed by atoms with Gasteiger partial charge in [0.05, 0.1) is 30.3 Å². The standard InChI is InChI=1S/C28H25F3N3O3P/c1-33-23-13-22(25-18(27(33)35)5-4-6-24(25)37-28(30)31)34-21-12-16(9-10-20(21)32-26(23)34)15-7-8-17(19(29)11-15)14-38(2,3)36/h4-12,22-23,28H,13-14H2,1-3H3/t22-,23-/m1/s1/i1D3. The van der Waals surface area contributed by atoms with Crippen molar-refractivity contribution in [2.24, 2.45) is 0 Å². The summed E-state index contributed by atoms with van der Waals surface area (Å²) in [6.07, 6.45) is 0.235. The second-order valence-corrected chi connectivity index (χ2v) is 13.6. The molecule has 2 bridgehead atoms. The van der Waals surface area contributed by atoms with Crippen LogP contribution in [0.2, 0.25) is 0 Å². The molecule has 6 nitrogen and oxygen atoms in total. The molecule has 0 unspecified atom stereocenters. The number of aromatic nitrogens is 2. The molecule has 0 aliphatic carbocycles. The molecule has 3 heterocycles. The average Bonchev–Trinajstić information content (AvgIpc) is 3.36. The Morgan fingerprint density at radius 3 is 2.61 bits per heavy atom. The normalized spacial score (nSPS) is 20.1. The summed E-state index contributed by atoms with van der Waals surface area (Å²) in [5.74, 6) is -1.20. The van der Waals surface area contributed by atoms with Crippen molar-refractivity contribution in [1.29, 1.82) is 0 Å². The first kappa shape index (κ1) is 21.4. The van der Waals surface area contributed by atoms with Crippen molar-refractivity contribution in [3.8, 4) is 16.9 Å². The number of hydrogen-bond donors (Lipinski definition) is 0. The summed E-state index contributed by atoms with van der Waals surface area (Å²) < 4.78 is 84.9. The van der Waals surface area contributed by atoms with Gasteiger partial charge in [0, 0.05) is 34.8 Å². The maximum Gasteiger partial charge on any atom is 0.387 e. The Morgan fingerprint density at radius 1 is 1.13 bits per heavy atom. The highest BCUT2D eigenvalue weighted by atomic mass is 31.2. The number of hydrogen-bond acceptors (Lipinski definition) is 4. The van der Waals surface area contributed by atoms with Crippen LogP contribution in [0.25, 0.3) is 22.2 Å². The number of halogens is 3. The molecule has 0 spiro atoms. The van der Waals surface area contributed by atoms with Gasteiger partial charge in [0.15, 0.2) is 0 Å². The predicted octanol–water partition coefficient (Wildman–Crippen LogP) is 6.69. The Morgan fingerprint density at radius 2 is 1.89 bits per heavy atom. The van der Waals surface area contributed by atoms with Crippen LogP contribution >= 0.6 is 7.14 Å². The first-order valence-electron chi connectivity index (χ1n) is 13.5. The Kier molecular flexibility index (Phi) is 4.91. The van der Waals surface area contributed by atoms with Gasteiger partial charge < -0.3 is 18.8 Å². The zero-order valence-electron chi connectivity index (χ0n) is 23.5. The first-order chi connectivity index (χ1) is 19.2. The minimum absolute atomic E-state index is 0.0303. The Labute approximate surface area is 221 Å². The van der Waals surface area contributed by atoms with Gasteiger partial charge in [-0.05, 0) is 60.4 Å². The van der Waals surface area contributed by atoms with E-state index in [0.717, 1.165) is 4.90 Å². The molecule has 0 N–H and O–H groups in total. The van der Waals surface area contributed by atoms with Gasteiger partial charge in [-0.3, -0.25) is 4.79 Å². The number of benzene rings is 3. The molecular weight excluding hydrogens is 514 g/mol. The van der Waals surface area contributed by atoms with E-state index in [1.54, 1.807) is 48.2 Å². The van der Waals surface area contributed by atoms with Gasteiger partial charge in [0.2, 0.25) is 0 Å². The number of ether oxygens (including phenoxy) is 1. The van der Waals surface area contributed by atoms with Crippen LogP contribution < -0.4 is 4.74 Å². The number of alkyl halides is 2. The Hall–Kier alpha value is -3.58. The molecule has 2 atom stereocenters. The minimum atomic E-state index is -3.16. The summed E-state index contributed by atoms with van der Waals surface area (Å²) in [5, 5.41) is 0. The number of nitrogens with zero attached hydrogens (tertiary/aromatic N) is 3. The van der Waals surface area contributed by atoms with Crippen LogP contribution in [0.5, 0.6) is 5.75 Å². The van der Waals surface area contributed by atoms with E-state index >= 15 is 0 Å². The highest BCUT2D eigenvalue weighted by Crippen LogP contribution is 2.50. The zero-order chi connectivity index (χ0) is 29.4. The van der Waals surface area contributed by atoms with Crippen molar-refractivity contribution in [1.82, 2.24) is 14.5 Å². The fourth-order valence-electron chi connectivity index (χ4n) is 5.55. The number of fused-ring (bicyclic) bond motifs is 9. The van der Waals surface area contributed by atoms with E-state index in [1.807, 2.05) is 0 Å². The van der Waals surface area contributed by atoms with E-state index in [0.29, 0.717) is 33.5 Å². The third kappa shape index (κ3) is 4.00. The topological polar surface area (TPSA) is 64.4 Å². The van der Waals surface area contributed by atoms with Gasteiger partial charge in [-0.15, -0.1) is 0 Å². The summed E-state index contributed by atoms with van der Waals surface area (Å²) in [4.78, 5) is 19.0. The number of amides is 1. The third-order valence-corrected chi connectivity index (χ3v) is 8.19. The monoisotopic (exact) mass is 542 g/mol. The van der Waals surface area contributed by atoms with Gasteiger partial charge in [-0.25, -0.2) is 9.37 Å². The number of carbonyl (C=O) groups is 1. The summed E-state index contributed by atoms with van der Waals surface area (Å²) >= 11 is 0. The smallest absolute Gasteiger partial charge is 0.387 e. The van der Waals surface area contributed by atoms with Crippen LogP contribution in [0.3, 0.4) is 0 Å². The molecule has 1 aromatic heterocycles. The van der Waals surface area contributed by atoms with Crippen LogP contribution in [0.4, 0.5) is 13.2 Å². The number of carbonyl (C=O) groups excluding carboxylic acids is 1. The second-order valence-electron chi connectivity index (χ2n) is 10.1. The lowest BCUT2D eigenvalue weighted by Gasteiger charge is -2.24. The maximum absolute atomic E-state index is 15.0. The Balaban J connectivity index is 1.54. The molecule has 0 radical (unpaired) electrons. The van der Waals surface area contributed by atoms with E-state index in [2.05, 4.69) is 4.98 Å². The highest BCUT2D eigenvalue weighted by Gasteiger charge is 2.45. The van der Waals surface area contributed by atoms with E-state index in [9.17, 15) is 22.5 Å². The SMILES string of the molecule is [2H]C([2H])([2H])N1C(=O)c2cccc(OC(F)F)c2[C@H]2C[C@@H]1c1nc3ccc(-c4ccc(CP(C)(C)=O)c(F)c4)cc3n12. The lowest BCUT2D eigenvalue weighted by atomic mass is 9.97. The summed E-state index contributed by atoms with van der Waals surface area (Å²) in [7, 11) is -2.49. The molecule has 0 saturated carbocycles. The van der Waals surface area contributed by atoms with Crippen molar-refractivity contribution in [2.75, 3.05) is 20.3 Å². The third-order valence-electron chi connectivity index (χ3n) is 7.09. The highest BCUT2D eigenvalue weighted by molar-refractivity contribution is 7.61. The minimum Gasteiger partial charge on any atom is -0.434 e. The molecule has 0 saturated heterocycles. The molecule has 10 heteroatoms. The molecule has 6 rings (SSSR count). The van der Waals surface area contributed by atoms with Crippen LogP contribution in [-0.4, -0.2) is 47.3 Å². The molecule has 2 aliphatic heterocycles. The van der Waals surface area contributed by atoms with Crippen LogP contribution in [0.15, 0.2) is 54.6 Å². The van der Waals surface area contributed by atoms with Crippen LogP contribution in [-0.2, 0) is 10.7 Å². The molecule has 1 amide bonds. The van der Waals surface area contributed by atoms with Crippen molar-refractivity contribution in [3.63, 3.8) is 0 Å². The van der Waals surface area contributed by atoms with Crippen LogP contribution in [0, 0.1) is 5.82 Å². The van der Waals surface area contributed by atoms with Crippen LogP contribution in [0.1, 0.15) is 49.9 Å². The van der Waals surface area contributed by atoms with Gasteiger partial charge in [-0.2, -0.15) is 8.78 Å². The van der Waals surface area contributed by atoms with Gasteiger partial charge in [0.25, 0.3) is 5.91 Å². The summed E-state index contributed by atoms with van der Waals surface area (Å²) in [5.41, 5.74) is 2.76. The summed E-state index contributed by atoms with van der Waals surface area (Å²) in [6.45, 7) is -2.78. The van der Waals surface area contributed by atoms with E-state index in [1.165, 1.54) is 24.3 Å². The first-order valence-corrected chi connectivity index (χ1v) is 14.8. The van der Waals surface area contributed by atoms with Gasteiger partial charge in [-0.1, -0.05) is 24.3 Å². The molecule has 38 heavy (non-hydrogen) atoms. The predicted molar refractivity (Wildman–Crippen MR) is 139 cm³/mol. The summed E-state index contributed by atoms with van der Waals surface area (Å²) in [6, 6.07) is 12.4. The van der Waals surface area contributed by atoms with Gasteiger partial charge in [0.1, 0.15) is 17.4 Å². The van der Waals surface area contributed by atoms with Crippen molar-refractivity contribution >= 4 is 24.1 Å². The quantitative estimate of drug-likeness (QED) is 0.264. The Bertz CT molecular complexity index is 1770. The molecule has 2 aliphatic rings. The lowest BCUT2D eigenvalue weighted by Crippen LogP contribution is -2.30. The molecule has 3 aromatic carbocycles. The van der Waals surface area contributed by atoms with E-state index in [-0.39, 0.29) is 29.5 Å². The molecule has 0 fully saturated rings. The number of rotatable bonds is 5. The van der Waals surface area contributed by atoms with Gasteiger partial charge >= 0.3 is 6.61 Å². The van der Waals surface area contributed by atoms with E-state index < -0.39 is 44.5 Å². The molecular formula is C28H25F3N3O3P. The largest absolute Gasteiger partial charge is 0.434 e. The van der Waals surface area contributed by atoms with Crippen molar-refractivity contribution < 1.29 is 31.4 Å². The maximum atomic E-state index is 15.0. The average molecular weight is 543 g/mol. The van der Waals surface area contributed by atoms with Crippen molar-refractivity contribution in [3.05, 3.63) is 82.9 Å². The van der Waals surface area contributed by atoms with Crippen molar-refractivity contribution in [2.45, 2.75) is 31.3 Å². The molecule has 4 aromatic rings.